The van der Waals surface area contributed by atoms with Crippen molar-refractivity contribution in [2.45, 2.75) is 6.92 Å². The number of carbonyl (C=O) groups is 1. The number of carbonyl (C=O) groups excluding carboxylic acids is 1. The summed E-state index contributed by atoms with van der Waals surface area (Å²) in [6.45, 7) is 1.82. The van der Waals surface area contributed by atoms with E-state index in [0.29, 0.717) is 9.52 Å². The number of aromatic nitrogens is 2. The molecule has 1 amide bonds. The minimum absolute atomic E-state index is 0.431. The smallest absolute Gasteiger partial charge is 0.259 e. The first kappa shape index (κ1) is 9.29. The zero-order valence-corrected chi connectivity index (χ0v) is 8.96. The predicted molar refractivity (Wildman–Crippen MR) is 58.1 cm³/mol. The van der Waals surface area contributed by atoms with Crippen LogP contribution in [0.2, 0.25) is 0 Å². The third-order valence-corrected chi connectivity index (χ3v) is 3.49. The molecule has 0 spiro atoms. The van der Waals surface area contributed by atoms with E-state index in [2.05, 4.69) is 9.97 Å². The van der Waals surface area contributed by atoms with Crippen molar-refractivity contribution in [2.75, 3.05) is 0 Å². The molecule has 0 saturated carbocycles. The lowest BCUT2D eigenvalue weighted by molar-refractivity contribution is 0.100. The van der Waals surface area contributed by atoms with Gasteiger partial charge < -0.3 is 10.7 Å². The second-order valence-corrected chi connectivity index (χ2v) is 4.24. The summed E-state index contributed by atoms with van der Waals surface area (Å²) in [7, 11) is 0. The van der Waals surface area contributed by atoms with Crippen LogP contribution in [0.25, 0.3) is 10.2 Å². The molecule has 2 aromatic heterocycles. The molecule has 6 heteroatoms. The summed E-state index contributed by atoms with van der Waals surface area (Å²) in [5, 5.41) is 0.821. The lowest BCUT2D eigenvalue weighted by Gasteiger charge is -1.91. The number of amides is 1. The Morgan fingerprint density at radius 3 is 3.00 bits per heavy atom. The van der Waals surface area contributed by atoms with Crippen molar-refractivity contribution in [2.24, 2.45) is 5.73 Å². The van der Waals surface area contributed by atoms with Gasteiger partial charge in [-0.2, -0.15) is 0 Å². The summed E-state index contributed by atoms with van der Waals surface area (Å²) in [5.41, 5.74) is 6.04. The molecule has 0 bridgehead atoms. The normalized spacial score (nSPS) is 10.6. The third-order valence-electron chi connectivity index (χ3n) is 1.96. The molecule has 0 unspecified atom stereocenters. The zero-order chi connectivity index (χ0) is 10.3. The quantitative estimate of drug-likeness (QED) is 0.726. The van der Waals surface area contributed by atoms with E-state index in [1.807, 2.05) is 6.92 Å². The van der Waals surface area contributed by atoms with Gasteiger partial charge in [0, 0.05) is 5.39 Å². The minimum Gasteiger partial charge on any atom is -0.365 e. The third kappa shape index (κ3) is 1.23. The lowest BCUT2D eigenvalue weighted by atomic mass is 10.2. The summed E-state index contributed by atoms with van der Waals surface area (Å²) in [4.78, 5) is 19.3. The van der Waals surface area contributed by atoms with Gasteiger partial charge in [0.2, 0.25) is 0 Å². The number of fused-ring (bicyclic) bond motifs is 1. The van der Waals surface area contributed by atoms with Crippen LogP contribution in [0.15, 0.2) is 6.33 Å². The van der Waals surface area contributed by atoms with Crippen molar-refractivity contribution in [3.05, 3.63) is 21.4 Å². The number of thiophene rings is 1. The van der Waals surface area contributed by atoms with Crippen LogP contribution >= 0.6 is 23.6 Å². The first-order chi connectivity index (χ1) is 6.61. The van der Waals surface area contributed by atoms with Crippen LogP contribution in [0.3, 0.4) is 0 Å². The molecule has 0 aliphatic heterocycles. The van der Waals surface area contributed by atoms with E-state index in [9.17, 15) is 4.79 Å². The van der Waals surface area contributed by atoms with Gasteiger partial charge in [-0.05, 0) is 12.5 Å². The van der Waals surface area contributed by atoms with Crippen LogP contribution in [0, 0.1) is 11.6 Å². The van der Waals surface area contributed by atoms with Crippen LogP contribution < -0.4 is 5.73 Å². The highest BCUT2D eigenvalue weighted by molar-refractivity contribution is 7.71. The number of nitrogens with one attached hydrogen (secondary N) is 1. The largest absolute Gasteiger partial charge is 0.365 e. The van der Waals surface area contributed by atoms with E-state index in [4.69, 9.17) is 18.0 Å². The number of nitrogens with two attached hydrogens (primary N) is 1. The molecular weight excluding hydrogens is 218 g/mol. The topological polar surface area (TPSA) is 71.8 Å². The molecule has 0 aliphatic rings. The maximum atomic E-state index is 11.1. The number of H-pyrrole nitrogens is 1. The molecule has 2 aromatic rings. The van der Waals surface area contributed by atoms with Gasteiger partial charge in [0.15, 0.2) is 0 Å². The molecule has 4 nitrogen and oxygen atoms in total. The second kappa shape index (κ2) is 3.14. The number of aromatic amines is 1. The number of hydrogen-bond donors (Lipinski definition) is 2. The van der Waals surface area contributed by atoms with Crippen molar-refractivity contribution in [1.82, 2.24) is 9.97 Å². The standard InChI is InChI=1S/C8H7N3OS2/c1-3-4-7(13)10-2-11-8(4)14-5(3)6(9)12/h2H,1H3,(H2,9,12)(H,10,11,13). The molecule has 3 N–H and O–H groups in total. The Balaban J connectivity index is 2.94. The Bertz CT molecular complexity index is 569. The van der Waals surface area contributed by atoms with Gasteiger partial charge in [-0.1, -0.05) is 12.2 Å². The van der Waals surface area contributed by atoms with Crippen LogP contribution in [0.5, 0.6) is 0 Å². The van der Waals surface area contributed by atoms with Gasteiger partial charge >= 0.3 is 0 Å². The summed E-state index contributed by atoms with van der Waals surface area (Å²) in [5.74, 6) is -0.431. The molecule has 0 fully saturated rings. The number of hydrogen-bond acceptors (Lipinski definition) is 4. The first-order valence-corrected chi connectivity index (χ1v) is 5.10. The molecule has 2 heterocycles. The van der Waals surface area contributed by atoms with Crippen LogP contribution in [0.4, 0.5) is 0 Å². The highest BCUT2D eigenvalue weighted by atomic mass is 32.1. The Morgan fingerprint density at radius 1 is 1.71 bits per heavy atom. The molecule has 0 aromatic carbocycles. The second-order valence-electron chi connectivity index (χ2n) is 2.83. The van der Waals surface area contributed by atoms with E-state index in [1.54, 1.807) is 0 Å². The van der Waals surface area contributed by atoms with Crippen LogP contribution in [-0.2, 0) is 0 Å². The van der Waals surface area contributed by atoms with Crippen molar-refractivity contribution in [1.29, 1.82) is 0 Å². The van der Waals surface area contributed by atoms with Crippen LogP contribution in [0.1, 0.15) is 15.2 Å². The molecule has 0 aliphatic carbocycles. The fourth-order valence-corrected chi connectivity index (χ4v) is 2.69. The highest BCUT2D eigenvalue weighted by Crippen LogP contribution is 2.28. The number of rotatable bonds is 1. The van der Waals surface area contributed by atoms with Gasteiger partial charge in [0.1, 0.15) is 9.47 Å². The van der Waals surface area contributed by atoms with Gasteiger partial charge in [0.25, 0.3) is 5.91 Å². The number of aryl methyl sites for hydroxylation is 1. The molecule has 0 atom stereocenters. The average molecular weight is 225 g/mol. The minimum atomic E-state index is -0.431. The summed E-state index contributed by atoms with van der Waals surface area (Å²) >= 11 is 6.37. The van der Waals surface area contributed by atoms with Gasteiger partial charge in [0.05, 0.1) is 11.2 Å². The molecule has 14 heavy (non-hydrogen) atoms. The molecular formula is C8H7N3OS2. The number of primary amides is 1. The summed E-state index contributed by atoms with van der Waals surface area (Å²) < 4.78 is 0.594. The van der Waals surface area contributed by atoms with Crippen LogP contribution in [-0.4, -0.2) is 15.9 Å². The highest BCUT2D eigenvalue weighted by Gasteiger charge is 2.14. The molecule has 0 radical (unpaired) electrons. The molecule has 72 valence electrons. The average Bonchev–Trinajstić information content (AvgIpc) is 2.45. The zero-order valence-electron chi connectivity index (χ0n) is 7.33. The predicted octanol–water partition coefficient (Wildman–Crippen LogP) is 1.76. The lowest BCUT2D eigenvalue weighted by Crippen LogP contribution is -2.09. The van der Waals surface area contributed by atoms with Crippen molar-refractivity contribution >= 4 is 39.7 Å². The Morgan fingerprint density at radius 2 is 2.43 bits per heavy atom. The van der Waals surface area contributed by atoms with E-state index in [1.165, 1.54) is 17.7 Å². The first-order valence-electron chi connectivity index (χ1n) is 3.88. The molecule has 2 rings (SSSR count). The van der Waals surface area contributed by atoms with E-state index in [0.717, 1.165) is 15.8 Å². The fourth-order valence-electron chi connectivity index (χ4n) is 1.31. The van der Waals surface area contributed by atoms with E-state index >= 15 is 0 Å². The fraction of sp³-hybridized carbons (Fsp3) is 0.125. The van der Waals surface area contributed by atoms with E-state index < -0.39 is 5.91 Å². The summed E-state index contributed by atoms with van der Waals surface area (Å²) in [6.07, 6.45) is 1.52. The Hall–Kier alpha value is -1.27. The maximum absolute atomic E-state index is 11.1. The van der Waals surface area contributed by atoms with Crippen molar-refractivity contribution < 1.29 is 4.79 Å². The van der Waals surface area contributed by atoms with Gasteiger partial charge in [-0.25, -0.2) is 4.98 Å². The van der Waals surface area contributed by atoms with Gasteiger partial charge in [-0.15, -0.1) is 11.3 Å². The Labute approximate surface area is 88.8 Å². The SMILES string of the molecule is Cc1c(C(N)=O)sc2nc[nH]c(=S)c12. The van der Waals surface area contributed by atoms with E-state index in [-0.39, 0.29) is 0 Å². The molecule has 0 saturated heterocycles. The van der Waals surface area contributed by atoms with Crippen molar-refractivity contribution in [3.8, 4) is 0 Å². The van der Waals surface area contributed by atoms with Crippen molar-refractivity contribution in [3.63, 3.8) is 0 Å². The summed E-state index contributed by atoms with van der Waals surface area (Å²) in [6, 6.07) is 0. The Kier molecular flexibility index (Phi) is 2.09. The maximum Gasteiger partial charge on any atom is 0.259 e. The monoisotopic (exact) mass is 225 g/mol. The van der Waals surface area contributed by atoms with Gasteiger partial charge in [-0.3, -0.25) is 4.79 Å². The number of nitrogens with zero attached hydrogens (tertiary/aromatic N) is 1.